The molecule has 4 heteroatoms. The quantitative estimate of drug-likeness (QED) is 0.822. The minimum Gasteiger partial charge on any atom is -0.383 e. The Morgan fingerprint density at radius 1 is 0.810 bits per heavy atom. The molecule has 0 spiro atoms. The second-order valence-corrected chi connectivity index (χ2v) is 6.20. The summed E-state index contributed by atoms with van der Waals surface area (Å²) in [4.78, 5) is 0. The number of rotatable bonds is 4. The van der Waals surface area contributed by atoms with Crippen LogP contribution >= 0.6 is 23.2 Å². The van der Waals surface area contributed by atoms with Gasteiger partial charge >= 0.3 is 0 Å². The molecule has 0 heterocycles. The maximum absolute atomic E-state index is 6.22. The van der Waals surface area contributed by atoms with Crippen molar-refractivity contribution in [3.8, 4) is 11.1 Å². The normalized spacial score (nSPS) is 14.9. The third-order valence-electron chi connectivity index (χ3n) is 4.07. The molecule has 0 unspecified atom stereocenters. The van der Waals surface area contributed by atoms with Gasteiger partial charge in [-0.25, -0.2) is 0 Å². The van der Waals surface area contributed by atoms with E-state index < -0.39 is 0 Å². The van der Waals surface area contributed by atoms with Gasteiger partial charge in [-0.15, -0.1) is 0 Å². The van der Waals surface area contributed by atoms with Crippen LogP contribution in [-0.2, 0) is 14.9 Å². The lowest BCUT2D eigenvalue weighted by atomic mass is 9.79. The van der Waals surface area contributed by atoms with E-state index in [0.29, 0.717) is 23.3 Å². The van der Waals surface area contributed by atoms with Gasteiger partial charge in [0.1, 0.15) is 0 Å². The highest BCUT2D eigenvalue weighted by Crippen LogP contribution is 2.50. The summed E-state index contributed by atoms with van der Waals surface area (Å²) < 4.78 is 11.0. The van der Waals surface area contributed by atoms with Crippen LogP contribution in [0.3, 0.4) is 0 Å². The molecule has 0 fully saturated rings. The Hall–Kier alpha value is -1.06. The Morgan fingerprint density at radius 3 is 1.62 bits per heavy atom. The van der Waals surface area contributed by atoms with Crippen LogP contribution in [0.5, 0.6) is 0 Å². The number of hydrogen-bond donors (Lipinski definition) is 0. The van der Waals surface area contributed by atoms with E-state index in [1.807, 2.05) is 24.3 Å². The van der Waals surface area contributed by atoms with Crippen molar-refractivity contribution in [2.24, 2.45) is 0 Å². The maximum Gasteiger partial charge on any atom is 0.0682 e. The van der Waals surface area contributed by atoms with Crippen molar-refractivity contribution in [3.05, 3.63) is 57.6 Å². The average molecular weight is 323 g/mol. The van der Waals surface area contributed by atoms with Crippen LogP contribution in [0.2, 0.25) is 10.0 Å². The lowest BCUT2D eigenvalue weighted by molar-refractivity contribution is 0.0815. The molecule has 3 rings (SSSR count). The molecule has 0 saturated carbocycles. The monoisotopic (exact) mass is 322 g/mol. The van der Waals surface area contributed by atoms with Crippen LogP contribution in [0.4, 0.5) is 0 Å². The van der Waals surface area contributed by atoms with Gasteiger partial charge in [-0.1, -0.05) is 35.3 Å². The Balaban J connectivity index is 2.32. The first kappa shape index (κ1) is 14.9. The second-order valence-electron chi connectivity index (χ2n) is 5.33. The van der Waals surface area contributed by atoms with Gasteiger partial charge in [0.05, 0.1) is 18.6 Å². The molecule has 0 saturated heterocycles. The third-order valence-corrected chi connectivity index (χ3v) is 4.54. The van der Waals surface area contributed by atoms with Crippen molar-refractivity contribution in [2.45, 2.75) is 5.41 Å². The van der Waals surface area contributed by atoms with Crippen LogP contribution in [0, 0.1) is 0 Å². The van der Waals surface area contributed by atoms with E-state index in [1.165, 1.54) is 11.1 Å². The first-order chi connectivity index (χ1) is 10.1. The first-order valence-corrected chi connectivity index (χ1v) is 7.46. The number of fused-ring (bicyclic) bond motifs is 3. The number of hydrogen-bond acceptors (Lipinski definition) is 2. The molecule has 0 atom stereocenters. The average Bonchev–Trinajstić information content (AvgIpc) is 2.70. The summed E-state index contributed by atoms with van der Waals surface area (Å²) in [6.45, 7) is 1.03. The highest BCUT2D eigenvalue weighted by atomic mass is 35.5. The minimum atomic E-state index is -0.371. The number of ether oxygens (including phenoxy) is 2. The van der Waals surface area contributed by atoms with Gasteiger partial charge in [-0.2, -0.15) is 0 Å². The number of methoxy groups -OCH3 is 2. The van der Waals surface area contributed by atoms with Crippen LogP contribution in [0.15, 0.2) is 36.4 Å². The van der Waals surface area contributed by atoms with E-state index >= 15 is 0 Å². The summed E-state index contributed by atoms with van der Waals surface area (Å²) in [5.41, 5.74) is 4.23. The summed E-state index contributed by atoms with van der Waals surface area (Å²) in [5.74, 6) is 0. The topological polar surface area (TPSA) is 18.5 Å². The maximum atomic E-state index is 6.22. The molecule has 2 nitrogen and oxygen atoms in total. The van der Waals surface area contributed by atoms with E-state index in [4.69, 9.17) is 32.7 Å². The minimum absolute atomic E-state index is 0.371. The molecule has 2 aromatic rings. The standard InChI is InChI=1S/C17H16Cl2O2/c1-20-9-17(10-21-2)15-7-11(18)3-5-13(15)14-6-4-12(19)8-16(14)17/h3-8H,9-10H2,1-2H3. The van der Waals surface area contributed by atoms with Crippen molar-refractivity contribution in [1.82, 2.24) is 0 Å². The molecule has 0 aromatic heterocycles. The molecule has 0 aliphatic heterocycles. The van der Waals surface area contributed by atoms with Gasteiger partial charge in [0.2, 0.25) is 0 Å². The molecule has 1 aliphatic carbocycles. The molecule has 0 N–H and O–H groups in total. The Bertz CT molecular complexity index is 623. The van der Waals surface area contributed by atoms with Crippen LogP contribution in [0.25, 0.3) is 11.1 Å². The molecule has 2 aromatic carbocycles. The van der Waals surface area contributed by atoms with E-state index in [1.54, 1.807) is 14.2 Å². The molecular weight excluding hydrogens is 307 g/mol. The SMILES string of the molecule is COCC1(COC)c2cc(Cl)ccc2-c2ccc(Cl)cc21. The molecule has 1 aliphatic rings. The molecule has 0 amide bonds. The van der Waals surface area contributed by atoms with Gasteiger partial charge in [0.15, 0.2) is 0 Å². The fourth-order valence-electron chi connectivity index (χ4n) is 3.29. The van der Waals surface area contributed by atoms with Crippen molar-refractivity contribution in [2.75, 3.05) is 27.4 Å². The molecular formula is C17H16Cl2O2. The fourth-order valence-corrected chi connectivity index (χ4v) is 3.63. The van der Waals surface area contributed by atoms with E-state index in [2.05, 4.69) is 12.1 Å². The lowest BCUT2D eigenvalue weighted by Gasteiger charge is -2.30. The van der Waals surface area contributed by atoms with Gasteiger partial charge in [-0.05, 0) is 46.5 Å². The zero-order valence-electron chi connectivity index (χ0n) is 12.0. The second kappa shape index (κ2) is 5.62. The lowest BCUT2D eigenvalue weighted by Crippen LogP contribution is -2.35. The Labute approximate surface area is 134 Å². The summed E-state index contributed by atoms with van der Waals surface area (Å²) in [6, 6.07) is 11.9. The summed E-state index contributed by atoms with van der Waals surface area (Å²) in [7, 11) is 3.40. The van der Waals surface area contributed by atoms with E-state index in [0.717, 1.165) is 11.1 Å². The van der Waals surface area contributed by atoms with Crippen molar-refractivity contribution < 1.29 is 9.47 Å². The molecule has 0 bridgehead atoms. The van der Waals surface area contributed by atoms with Crippen LogP contribution < -0.4 is 0 Å². The summed E-state index contributed by atoms with van der Waals surface area (Å²) in [5, 5.41) is 1.42. The Morgan fingerprint density at radius 2 is 1.24 bits per heavy atom. The first-order valence-electron chi connectivity index (χ1n) is 6.70. The Kier molecular flexibility index (Phi) is 3.98. The number of benzene rings is 2. The third kappa shape index (κ3) is 2.27. The highest BCUT2D eigenvalue weighted by Gasteiger charge is 2.43. The summed E-state index contributed by atoms with van der Waals surface area (Å²) >= 11 is 12.4. The van der Waals surface area contributed by atoms with Gasteiger partial charge in [-0.3, -0.25) is 0 Å². The van der Waals surface area contributed by atoms with Crippen molar-refractivity contribution in [3.63, 3.8) is 0 Å². The van der Waals surface area contributed by atoms with Crippen LogP contribution in [-0.4, -0.2) is 27.4 Å². The molecule has 0 radical (unpaired) electrons. The van der Waals surface area contributed by atoms with Gasteiger partial charge < -0.3 is 9.47 Å². The van der Waals surface area contributed by atoms with Crippen molar-refractivity contribution in [1.29, 1.82) is 0 Å². The largest absolute Gasteiger partial charge is 0.383 e. The molecule has 21 heavy (non-hydrogen) atoms. The molecule has 110 valence electrons. The zero-order chi connectivity index (χ0) is 15.0. The zero-order valence-corrected chi connectivity index (χ0v) is 13.5. The van der Waals surface area contributed by atoms with E-state index in [-0.39, 0.29) is 5.41 Å². The smallest absolute Gasteiger partial charge is 0.0682 e. The van der Waals surface area contributed by atoms with Crippen LogP contribution in [0.1, 0.15) is 11.1 Å². The van der Waals surface area contributed by atoms with E-state index in [9.17, 15) is 0 Å². The number of halogens is 2. The highest BCUT2D eigenvalue weighted by molar-refractivity contribution is 6.31. The van der Waals surface area contributed by atoms with Gasteiger partial charge in [0, 0.05) is 24.3 Å². The predicted molar refractivity (Wildman–Crippen MR) is 86.4 cm³/mol. The van der Waals surface area contributed by atoms with Gasteiger partial charge in [0.25, 0.3) is 0 Å². The predicted octanol–water partition coefficient (Wildman–Crippen LogP) is 4.55. The summed E-state index contributed by atoms with van der Waals surface area (Å²) in [6.07, 6.45) is 0. The fraction of sp³-hybridized carbons (Fsp3) is 0.294. The van der Waals surface area contributed by atoms with Crippen molar-refractivity contribution >= 4 is 23.2 Å².